The molecule has 0 bridgehead atoms. The number of carbonyl (C=O) groups excluding carboxylic acids is 2. The SMILES string of the molecule is COCC(N)C(=O)N1CCCC(C(=O)c2ccc(F)cc2)C1. The van der Waals surface area contributed by atoms with E-state index in [1.54, 1.807) is 4.90 Å². The molecule has 22 heavy (non-hydrogen) atoms. The van der Waals surface area contributed by atoms with Gasteiger partial charge in [0.05, 0.1) is 6.61 Å². The van der Waals surface area contributed by atoms with Crippen molar-refractivity contribution in [2.75, 3.05) is 26.8 Å². The van der Waals surface area contributed by atoms with Crippen LogP contribution in [0.4, 0.5) is 4.39 Å². The van der Waals surface area contributed by atoms with Crippen molar-refractivity contribution in [3.8, 4) is 0 Å². The van der Waals surface area contributed by atoms with Crippen LogP contribution < -0.4 is 5.73 Å². The predicted molar refractivity (Wildman–Crippen MR) is 79.9 cm³/mol. The molecule has 120 valence electrons. The molecule has 2 atom stereocenters. The van der Waals surface area contributed by atoms with E-state index in [0.717, 1.165) is 12.8 Å². The summed E-state index contributed by atoms with van der Waals surface area (Å²) in [5.74, 6) is -0.892. The highest BCUT2D eigenvalue weighted by Gasteiger charge is 2.31. The zero-order valence-corrected chi connectivity index (χ0v) is 12.6. The molecule has 0 radical (unpaired) electrons. The fourth-order valence-electron chi connectivity index (χ4n) is 2.73. The Hall–Kier alpha value is -1.79. The van der Waals surface area contributed by atoms with Gasteiger partial charge in [-0.3, -0.25) is 9.59 Å². The fourth-order valence-corrected chi connectivity index (χ4v) is 2.73. The van der Waals surface area contributed by atoms with Gasteiger partial charge in [-0.2, -0.15) is 0 Å². The first-order chi connectivity index (χ1) is 10.5. The van der Waals surface area contributed by atoms with Crippen molar-refractivity contribution in [1.29, 1.82) is 0 Å². The van der Waals surface area contributed by atoms with Gasteiger partial charge in [0.25, 0.3) is 0 Å². The third kappa shape index (κ3) is 3.90. The average molecular weight is 308 g/mol. The van der Waals surface area contributed by atoms with Crippen LogP contribution in [0.5, 0.6) is 0 Å². The topological polar surface area (TPSA) is 72.6 Å². The van der Waals surface area contributed by atoms with Crippen LogP contribution in [0.3, 0.4) is 0 Å². The number of hydrogen-bond donors (Lipinski definition) is 1. The van der Waals surface area contributed by atoms with Gasteiger partial charge in [-0.15, -0.1) is 0 Å². The standard InChI is InChI=1S/C16H21FN2O3/c1-22-10-14(18)16(21)19-8-2-3-12(9-19)15(20)11-4-6-13(17)7-5-11/h4-7,12,14H,2-3,8-10,18H2,1H3. The van der Waals surface area contributed by atoms with Crippen LogP contribution in [0.25, 0.3) is 0 Å². The first-order valence-corrected chi connectivity index (χ1v) is 7.36. The molecule has 1 fully saturated rings. The summed E-state index contributed by atoms with van der Waals surface area (Å²) in [6, 6.07) is 4.80. The predicted octanol–water partition coefficient (Wildman–Crippen LogP) is 1.22. The van der Waals surface area contributed by atoms with E-state index in [1.807, 2.05) is 0 Å². The number of ether oxygens (including phenoxy) is 1. The third-order valence-electron chi connectivity index (χ3n) is 3.90. The van der Waals surface area contributed by atoms with E-state index in [0.29, 0.717) is 18.7 Å². The summed E-state index contributed by atoms with van der Waals surface area (Å²) < 4.78 is 17.8. The molecule has 0 saturated carbocycles. The monoisotopic (exact) mass is 308 g/mol. The number of likely N-dealkylation sites (tertiary alicyclic amines) is 1. The number of hydrogen-bond acceptors (Lipinski definition) is 4. The van der Waals surface area contributed by atoms with Crippen LogP contribution >= 0.6 is 0 Å². The molecule has 1 saturated heterocycles. The van der Waals surface area contributed by atoms with Gasteiger partial charge in [-0.25, -0.2) is 4.39 Å². The van der Waals surface area contributed by atoms with Crippen molar-refractivity contribution in [2.24, 2.45) is 11.7 Å². The minimum Gasteiger partial charge on any atom is -0.383 e. The normalized spacial score (nSPS) is 19.8. The van der Waals surface area contributed by atoms with Crippen LogP contribution in [0.1, 0.15) is 23.2 Å². The maximum atomic E-state index is 12.9. The van der Waals surface area contributed by atoms with Crippen LogP contribution in [-0.2, 0) is 9.53 Å². The van der Waals surface area contributed by atoms with Gasteiger partial charge in [-0.1, -0.05) is 0 Å². The maximum absolute atomic E-state index is 12.9. The summed E-state index contributed by atoms with van der Waals surface area (Å²) in [7, 11) is 1.49. The molecule has 0 aromatic heterocycles. The van der Waals surface area contributed by atoms with E-state index in [9.17, 15) is 14.0 Å². The van der Waals surface area contributed by atoms with E-state index in [-0.39, 0.29) is 30.0 Å². The summed E-state index contributed by atoms with van der Waals surface area (Å²) in [5, 5.41) is 0. The minimum atomic E-state index is -0.704. The van der Waals surface area contributed by atoms with Gasteiger partial charge in [0.15, 0.2) is 5.78 Å². The van der Waals surface area contributed by atoms with E-state index >= 15 is 0 Å². The number of Topliss-reactive ketones (excluding diaryl/α,β-unsaturated/α-hetero) is 1. The van der Waals surface area contributed by atoms with Crippen molar-refractivity contribution in [3.05, 3.63) is 35.6 Å². The number of amides is 1. The molecular formula is C16H21FN2O3. The molecular weight excluding hydrogens is 287 g/mol. The Morgan fingerprint density at radius 1 is 1.41 bits per heavy atom. The lowest BCUT2D eigenvalue weighted by Crippen LogP contribution is -2.50. The Morgan fingerprint density at radius 2 is 2.09 bits per heavy atom. The Labute approximate surface area is 129 Å². The lowest BCUT2D eigenvalue weighted by Gasteiger charge is -2.33. The average Bonchev–Trinajstić information content (AvgIpc) is 2.54. The molecule has 2 unspecified atom stereocenters. The van der Waals surface area contributed by atoms with Crippen molar-refractivity contribution in [3.63, 3.8) is 0 Å². The molecule has 1 aromatic carbocycles. The molecule has 1 aliphatic rings. The van der Waals surface area contributed by atoms with Gasteiger partial charge in [-0.05, 0) is 37.1 Å². The molecule has 0 spiro atoms. The maximum Gasteiger partial charge on any atom is 0.241 e. The Bertz CT molecular complexity index is 533. The molecule has 1 aliphatic heterocycles. The number of methoxy groups -OCH3 is 1. The number of ketones is 1. The van der Waals surface area contributed by atoms with Gasteiger partial charge < -0.3 is 15.4 Å². The number of benzene rings is 1. The molecule has 1 heterocycles. The molecule has 0 aliphatic carbocycles. The zero-order chi connectivity index (χ0) is 16.1. The van der Waals surface area contributed by atoms with E-state index in [2.05, 4.69) is 0 Å². The highest BCUT2D eigenvalue weighted by atomic mass is 19.1. The number of nitrogens with two attached hydrogens (primary N) is 1. The Balaban J connectivity index is 2.02. The Morgan fingerprint density at radius 3 is 2.73 bits per heavy atom. The van der Waals surface area contributed by atoms with E-state index in [4.69, 9.17) is 10.5 Å². The third-order valence-corrected chi connectivity index (χ3v) is 3.90. The largest absolute Gasteiger partial charge is 0.383 e. The quantitative estimate of drug-likeness (QED) is 0.830. The summed E-state index contributed by atoms with van der Waals surface area (Å²) in [5.41, 5.74) is 6.24. The van der Waals surface area contributed by atoms with Gasteiger partial charge in [0.2, 0.25) is 5.91 Å². The van der Waals surface area contributed by atoms with Crippen molar-refractivity contribution >= 4 is 11.7 Å². The summed E-state index contributed by atoms with van der Waals surface area (Å²) in [6.07, 6.45) is 1.47. The van der Waals surface area contributed by atoms with Crippen LogP contribution in [0.2, 0.25) is 0 Å². The summed E-state index contributed by atoms with van der Waals surface area (Å²) >= 11 is 0. The lowest BCUT2D eigenvalue weighted by atomic mass is 9.89. The second-order valence-corrected chi connectivity index (χ2v) is 5.56. The smallest absolute Gasteiger partial charge is 0.241 e. The van der Waals surface area contributed by atoms with Crippen molar-refractivity contribution in [1.82, 2.24) is 4.90 Å². The molecule has 2 rings (SSSR count). The molecule has 2 N–H and O–H groups in total. The minimum absolute atomic E-state index is 0.0576. The Kier molecular flexibility index (Phi) is 5.63. The van der Waals surface area contributed by atoms with Gasteiger partial charge in [0.1, 0.15) is 11.9 Å². The molecule has 1 amide bonds. The number of nitrogens with zero attached hydrogens (tertiary/aromatic N) is 1. The van der Waals surface area contributed by atoms with E-state index < -0.39 is 6.04 Å². The van der Waals surface area contributed by atoms with Crippen LogP contribution in [0.15, 0.2) is 24.3 Å². The fraction of sp³-hybridized carbons (Fsp3) is 0.500. The zero-order valence-electron chi connectivity index (χ0n) is 12.6. The van der Waals surface area contributed by atoms with Crippen LogP contribution in [0, 0.1) is 11.7 Å². The van der Waals surface area contributed by atoms with Crippen molar-refractivity contribution in [2.45, 2.75) is 18.9 Å². The highest BCUT2D eigenvalue weighted by molar-refractivity contribution is 5.98. The second-order valence-electron chi connectivity index (χ2n) is 5.56. The summed E-state index contributed by atoms with van der Waals surface area (Å²) in [6.45, 7) is 1.11. The number of carbonyl (C=O) groups is 2. The van der Waals surface area contributed by atoms with Crippen LogP contribution in [-0.4, -0.2) is 49.4 Å². The van der Waals surface area contributed by atoms with E-state index in [1.165, 1.54) is 31.4 Å². The molecule has 6 heteroatoms. The highest BCUT2D eigenvalue weighted by Crippen LogP contribution is 2.21. The lowest BCUT2D eigenvalue weighted by molar-refractivity contribution is -0.135. The first-order valence-electron chi connectivity index (χ1n) is 7.36. The van der Waals surface area contributed by atoms with Gasteiger partial charge >= 0.3 is 0 Å². The number of piperidine rings is 1. The number of halogens is 1. The van der Waals surface area contributed by atoms with Gasteiger partial charge in [0, 0.05) is 31.7 Å². The number of rotatable bonds is 5. The molecule has 1 aromatic rings. The second kappa shape index (κ2) is 7.47. The summed E-state index contributed by atoms with van der Waals surface area (Å²) in [4.78, 5) is 26.3. The van der Waals surface area contributed by atoms with Crippen molar-refractivity contribution < 1.29 is 18.7 Å². The molecule has 5 nitrogen and oxygen atoms in total. The first kappa shape index (κ1) is 16.6.